The van der Waals surface area contributed by atoms with Gasteiger partial charge < -0.3 is 10.6 Å². The van der Waals surface area contributed by atoms with E-state index in [1.54, 1.807) is 62.9 Å². The number of rotatable bonds is 7. The summed E-state index contributed by atoms with van der Waals surface area (Å²) in [5.41, 5.74) is 15.1. The molecule has 3 aromatic carbocycles. The van der Waals surface area contributed by atoms with Crippen molar-refractivity contribution in [2.75, 3.05) is 33.7 Å². The van der Waals surface area contributed by atoms with Gasteiger partial charge in [0.15, 0.2) is 5.65 Å². The molecule has 0 bridgehead atoms. The molecule has 3 heterocycles. The first-order chi connectivity index (χ1) is 21.1. The fourth-order valence-electron chi connectivity index (χ4n) is 6.04. The van der Waals surface area contributed by atoms with Gasteiger partial charge in [-0.25, -0.2) is 17.4 Å². The van der Waals surface area contributed by atoms with Crippen LogP contribution < -0.4 is 5.73 Å². The molecule has 0 saturated carbocycles. The van der Waals surface area contributed by atoms with E-state index in [1.165, 1.54) is 25.6 Å². The molecule has 1 amide bonds. The molecule has 0 saturated heterocycles. The molecule has 1 aliphatic heterocycles. The third kappa shape index (κ3) is 5.43. The van der Waals surface area contributed by atoms with Crippen LogP contribution in [0.15, 0.2) is 84.0 Å². The molecule has 2 N–H and O–H groups in total. The molecule has 0 unspecified atom stereocenters. The summed E-state index contributed by atoms with van der Waals surface area (Å²) in [5, 5.41) is 0.713. The highest BCUT2D eigenvalue weighted by molar-refractivity contribution is 7.90. The average Bonchev–Trinajstić information content (AvgIpc) is 3.41. The summed E-state index contributed by atoms with van der Waals surface area (Å²) in [6.07, 6.45) is 4.39. The number of fused-ring (bicyclic) bond motifs is 2. The highest BCUT2D eigenvalue weighted by atomic mass is 32.2. The maximum atomic E-state index is 13.9. The Kier molecular flexibility index (Phi) is 7.88. The third-order valence-electron chi connectivity index (χ3n) is 8.45. The molecule has 0 radical (unpaired) electrons. The fraction of sp³-hybridized carbons (Fsp3) is 0.257. The largest absolute Gasteiger partial charge is 0.345 e. The van der Waals surface area contributed by atoms with Crippen LogP contribution >= 0.6 is 0 Å². The van der Waals surface area contributed by atoms with Crippen molar-refractivity contribution in [2.45, 2.75) is 31.7 Å². The topological polar surface area (TPSA) is 102 Å². The lowest BCUT2D eigenvalue weighted by atomic mass is 9.90. The van der Waals surface area contributed by atoms with Gasteiger partial charge in [-0.3, -0.25) is 9.69 Å². The summed E-state index contributed by atoms with van der Waals surface area (Å²) in [4.78, 5) is 21.4. The minimum atomic E-state index is -3.93. The first-order valence-corrected chi connectivity index (χ1v) is 16.2. The van der Waals surface area contributed by atoms with Gasteiger partial charge in [-0.2, -0.15) is 0 Å². The SMILES string of the molecule is Cc1ccc(S(=O)(=O)n2cc(-c3ccc(C(=O)N(C)C)cc3)c3cc(-c4cc(C)c5c(c4)CN(CCN)CC5)cnc32)cc1. The molecular weight excluding hydrogens is 570 g/mol. The fourth-order valence-corrected chi connectivity index (χ4v) is 7.37. The summed E-state index contributed by atoms with van der Waals surface area (Å²) in [5.74, 6) is -0.0994. The molecule has 0 spiro atoms. The second-order valence-electron chi connectivity index (χ2n) is 11.8. The standard InChI is InChI=1S/C35H37N5O3S/c1-23-5-11-30(12-6-23)44(42,43)40-22-33(25-7-9-26(10-8-25)35(41)38(3)4)32-19-28(20-37-34(32)40)27-17-24(2)31-13-15-39(16-14-36)21-29(31)18-27/h5-12,17-20,22H,13-16,21,36H2,1-4H3. The van der Waals surface area contributed by atoms with Crippen LogP contribution in [0.1, 0.15) is 32.6 Å². The number of carbonyl (C=O) groups is 1. The van der Waals surface area contributed by atoms with Gasteiger partial charge in [0.05, 0.1) is 4.90 Å². The average molecular weight is 608 g/mol. The normalized spacial score (nSPS) is 13.7. The van der Waals surface area contributed by atoms with Crippen molar-refractivity contribution in [2.24, 2.45) is 5.73 Å². The van der Waals surface area contributed by atoms with E-state index >= 15 is 0 Å². The second-order valence-corrected chi connectivity index (χ2v) is 13.6. The molecule has 5 aromatic rings. The van der Waals surface area contributed by atoms with E-state index in [0.29, 0.717) is 23.1 Å². The Hall–Kier alpha value is -4.31. The monoisotopic (exact) mass is 607 g/mol. The van der Waals surface area contributed by atoms with Gasteiger partial charge in [-0.1, -0.05) is 35.9 Å². The summed E-state index contributed by atoms with van der Waals surface area (Å²) < 4.78 is 29.1. The van der Waals surface area contributed by atoms with E-state index in [4.69, 9.17) is 10.7 Å². The summed E-state index contributed by atoms with van der Waals surface area (Å²) in [6, 6.07) is 20.5. The zero-order valence-corrected chi connectivity index (χ0v) is 26.4. The number of amides is 1. The molecule has 0 aliphatic carbocycles. The Morgan fingerprint density at radius 3 is 2.36 bits per heavy atom. The van der Waals surface area contributed by atoms with Crippen molar-refractivity contribution in [3.05, 3.63) is 107 Å². The number of hydrogen-bond acceptors (Lipinski definition) is 6. The van der Waals surface area contributed by atoms with Crippen molar-refractivity contribution in [1.82, 2.24) is 18.8 Å². The van der Waals surface area contributed by atoms with E-state index in [1.807, 2.05) is 25.1 Å². The van der Waals surface area contributed by atoms with Crippen molar-refractivity contribution < 1.29 is 13.2 Å². The molecular formula is C35H37N5O3S. The lowest BCUT2D eigenvalue weighted by molar-refractivity contribution is 0.0827. The van der Waals surface area contributed by atoms with Crippen molar-refractivity contribution in [3.8, 4) is 22.3 Å². The highest BCUT2D eigenvalue weighted by Gasteiger charge is 2.24. The smallest absolute Gasteiger partial charge is 0.269 e. The molecule has 6 rings (SSSR count). The highest BCUT2D eigenvalue weighted by Crippen LogP contribution is 2.36. The van der Waals surface area contributed by atoms with E-state index in [0.717, 1.165) is 53.9 Å². The Bertz CT molecular complexity index is 1980. The Labute approximate surface area is 258 Å². The van der Waals surface area contributed by atoms with E-state index in [-0.39, 0.29) is 10.8 Å². The van der Waals surface area contributed by atoms with E-state index in [9.17, 15) is 13.2 Å². The van der Waals surface area contributed by atoms with Crippen LogP contribution in [-0.4, -0.2) is 66.8 Å². The second kappa shape index (κ2) is 11.6. The molecule has 44 heavy (non-hydrogen) atoms. The minimum Gasteiger partial charge on any atom is -0.345 e. The molecule has 1 aliphatic rings. The zero-order valence-electron chi connectivity index (χ0n) is 25.5. The van der Waals surface area contributed by atoms with Crippen LogP contribution in [0.2, 0.25) is 0 Å². The lowest BCUT2D eigenvalue weighted by Gasteiger charge is -2.30. The van der Waals surface area contributed by atoms with Crippen molar-refractivity contribution in [1.29, 1.82) is 0 Å². The van der Waals surface area contributed by atoms with Crippen LogP contribution in [0.3, 0.4) is 0 Å². The lowest BCUT2D eigenvalue weighted by Crippen LogP contribution is -2.34. The molecule has 8 nitrogen and oxygen atoms in total. The van der Waals surface area contributed by atoms with Gasteiger partial charge in [0.25, 0.3) is 15.9 Å². The molecule has 0 fully saturated rings. The minimum absolute atomic E-state index is 0.0994. The van der Waals surface area contributed by atoms with Crippen molar-refractivity contribution in [3.63, 3.8) is 0 Å². The number of benzene rings is 3. The van der Waals surface area contributed by atoms with Gasteiger partial charge >= 0.3 is 0 Å². The van der Waals surface area contributed by atoms with Gasteiger partial charge in [0, 0.05) is 74.7 Å². The number of aryl methyl sites for hydroxylation is 2. The third-order valence-corrected chi connectivity index (χ3v) is 10.1. The number of carbonyl (C=O) groups excluding carboxylic acids is 1. The predicted molar refractivity (Wildman–Crippen MR) is 175 cm³/mol. The molecule has 2 aromatic heterocycles. The Balaban J connectivity index is 1.51. The van der Waals surface area contributed by atoms with Gasteiger partial charge in [-0.05, 0) is 84.5 Å². The number of hydrogen-bond donors (Lipinski definition) is 1. The van der Waals surface area contributed by atoms with E-state index in [2.05, 4.69) is 24.0 Å². The van der Waals surface area contributed by atoms with Gasteiger partial charge in [0.1, 0.15) is 0 Å². The maximum absolute atomic E-state index is 13.9. The van der Waals surface area contributed by atoms with E-state index < -0.39 is 10.0 Å². The Morgan fingerprint density at radius 2 is 1.68 bits per heavy atom. The number of pyridine rings is 1. The van der Waals surface area contributed by atoms with Gasteiger partial charge in [0.2, 0.25) is 0 Å². The predicted octanol–water partition coefficient (Wildman–Crippen LogP) is 5.24. The zero-order chi connectivity index (χ0) is 31.2. The first kappa shape index (κ1) is 29.7. The number of aromatic nitrogens is 2. The van der Waals surface area contributed by atoms with Gasteiger partial charge in [-0.15, -0.1) is 0 Å². The van der Waals surface area contributed by atoms with Crippen LogP contribution in [0.5, 0.6) is 0 Å². The summed E-state index contributed by atoms with van der Waals surface area (Å²) in [7, 11) is -0.506. The van der Waals surface area contributed by atoms with Crippen LogP contribution in [0.4, 0.5) is 0 Å². The Morgan fingerprint density at radius 1 is 0.955 bits per heavy atom. The quantitative estimate of drug-likeness (QED) is 0.272. The molecule has 0 atom stereocenters. The summed E-state index contributed by atoms with van der Waals surface area (Å²) >= 11 is 0. The molecule has 226 valence electrons. The first-order valence-electron chi connectivity index (χ1n) is 14.8. The van der Waals surface area contributed by atoms with Crippen molar-refractivity contribution >= 4 is 27.0 Å². The van der Waals surface area contributed by atoms with Crippen LogP contribution in [0.25, 0.3) is 33.3 Å². The maximum Gasteiger partial charge on any atom is 0.269 e. The van der Waals surface area contributed by atoms with Crippen LogP contribution in [-0.2, 0) is 23.0 Å². The summed E-state index contributed by atoms with van der Waals surface area (Å²) in [6.45, 7) is 7.42. The van der Waals surface area contributed by atoms with Crippen LogP contribution in [0, 0.1) is 13.8 Å². The number of nitrogens with two attached hydrogens (primary N) is 1. The number of nitrogens with zero attached hydrogens (tertiary/aromatic N) is 4. The molecule has 9 heteroatoms.